The Balaban J connectivity index is 3.98. The van der Waals surface area contributed by atoms with Gasteiger partial charge in [0, 0.05) is 17.1 Å². The minimum Gasteiger partial charge on any atom is -0.481 e. The molecule has 0 aliphatic carbocycles. The highest BCUT2D eigenvalue weighted by Crippen LogP contribution is 2.23. The number of hydrogen-bond acceptors (Lipinski definition) is 4. The monoisotopic (exact) mass is 388 g/mol. The van der Waals surface area contributed by atoms with Crippen LogP contribution in [0.2, 0.25) is 0 Å². The summed E-state index contributed by atoms with van der Waals surface area (Å²) in [5.41, 5.74) is 0. The van der Waals surface area contributed by atoms with Gasteiger partial charge >= 0.3 is 11.9 Å². The molecular weight excluding hydrogens is 352 g/mol. The van der Waals surface area contributed by atoms with E-state index < -0.39 is 18.0 Å². The van der Waals surface area contributed by atoms with Crippen LogP contribution in [-0.2, 0) is 9.59 Å². The Hall–Kier alpha value is -1.01. The Morgan fingerprint density at radius 1 is 0.923 bits per heavy atom. The standard InChI is InChI=1S/C20H36O5S/c1-2-3-4-5-6-7-8-9-10-11-12-18(26-16-15-20(24)25)17(21)13-14-19(22)23/h13-14,17-18,21H,2-12,15-16H2,1H3,(H,22,23)(H,24,25)/b14-13-. The van der Waals surface area contributed by atoms with Crippen molar-refractivity contribution in [2.75, 3.05) is 5.75 Å². The average Bonchev–Trinajstić information content (AvgIpc) is 2.59. The third-order valence-electron chi connectivity index (χ3n) is 4.31. The summed E-state index contributed by atoms with van der Waals surface area (Å²) < 4.78 is 0. The number of carbonyl (C=O) groups is 2. The van der Waals surface area contributed by atoms with E-state index >= 15 is 0 Å². The molecule has 0 heterocycles. The maximum Gasteiger partial charge on any atom is 0.328 e. The van der Waals surface area contributed by atoms with Crippen LogP contribution in [0.15, 0.2) is 12.2 Å². The summed E-state index contributed by atoms with van der Waals surface area (Å²) in [7, 11) is 0. The normalized spacial score (nSPS) is 13.8. The molecule has 2 atom stereocenters. The molecule has 0 aliphatic heterocycles. The van der Waals surface area contributed by atoms with Crippen molar-refractivity contribution in [1.82, 2.24) is 0 Å². The third kappa shape index (κ3) is 16.5. The second-order valence-electron chi connectivity index (χ2n) is 6.71. The SMILES string of the molecule is CCCCCCCCCCCCC(SCCC(=O)O)C(O)/C=C\C(=O)O. The van der Waals surface area contributed by atoms with Gasteiger partial charge in [0.1, 0.15) is 0 Å². The van der Waals surface area contributed by atoms with Gasteiger partial charge in [-0.3, -0.25) is 4.79 Å². The number of carboxylic acid groups (broad SMARTS) is 2. The van der Waals surface area contributed by atoms with Crippen LogP contribution in [0, 0.1) is 0 Å². The van der Waals surface area contributed by atoms with E-state index in [2.05, 4.69) is 6.92 Å². The van der Waals surface area contributed by atoms with E-state index in [1.165, 1.54) is 69.2 Å². The lowest BCUT2D eigenvalue weighted by atomic mass is 10.0. The summed E-state index contributed by atoms with van der Waals surface area (Å²) in [6.07, 6.45) is 14.6. The third-order valence-corrected chi connectivity index (χ3v) is 5.69. The van der Waals surface area contributed by atoms with Gasteiger partial charge in [0.05, 0.1) is 12.5 Å². The van der Waals surface area contributed by atoms with Gasteiger partial charge in [-0.05, 0) is 12.5 Å². The van der Waals surface area contributed by atoms with Crippen LogP contribution in [0.5, 0.6) is 0 Å². The van der Waals surface area contributed by atoms with Crippen molar-refractivity contribution < 1.29 is 24.9 Å². The molecule has 0 saturated carbocycles. The van der Waals surface area contributed by atoms with Crippen LogP contribution in [0.25, 0.3) is 0 Å². The quantitative estimate of drug-likeness (QED) is 0.229. The van der Waals surface area contributed by atoms with Gasteiger partial charge in [-0.15, -0.1) is 0 Å². The first kappa shape index (κ1) is 25.0. The van der Waals surface area contributed by atoms with E-state index in [1.54, 1.807) is 0 Å². The number of carboxylic acids is 2. The molecule has 3 N–H and O–H groups in total. The largest absolute Gasteiger partial charge is 0.481 e. The zero-order valence-corrected chi connectivity index (χ0v) is 16.9. The van der Waals surface area contributed by atoms with Gasteiger partial charge < -0.3 is 15.3 Å². The highest BCUT2D eigenvalue weighted by molar-refractivity contribution is 7.99. The van der Waals surface area contributed by atoms with Gasteiger partial charge in [0.15, 0.2) is 0 Å². The maximum absolute atomic E-state index is 10.6. The summed E-state index contributed by atoms with van der Waals surface area (Å²) in [4.78, 5) is 21.2. The van der Waals surface area contributed by atoms with Gasteiger partial charge in [-0.25, -0.2) is 4.79 Å². The van der Waals surface area contributed by atoms with Crippen molar-refractivity contribution in [2.45, 2.75) is 95.3 Å². The van der Waals surface area contributed by atoms with Gasteiger partial charge in [0.25, 0.3) is 0 Å². The highest BCUT2D eigenvalue weighted by Gasteiger charge is 2.17. The second-order valence-corrected chi connectivity index (χ2v) is 8.06. The lowest BCUT2D eigenvalue weighted by molar-refractivity contribution is -0.136. The van der Waals surface area contributed by atoms with Crippen LogP contribution >= 0.6 is 11.8 Å². The first-order chi connectivity index (χ1) is 12.5. The van der Waals surface area contributed by atoms with E-state index in [4.69, 9.17) is 10.2 Å². The molecule has 0 aromatic heterocycles. The zero-order chi connectivity index (χ0) is 19.6. The predicted molar refractivity (Wildman–Crippen MR) is 108 cm³/mol. The minimum absolute atomic E-state index is 0.0502. The first-order valence-electron chi connectivity index (χ1n) is 9.90. The van der Waals surface area contributed by atoms with Crippen molar-refractivity contribution in [3.05, 3.63) is 12.2 Å². The molecule has 0 spiro atoms. The van der Waals surface area contributed by atoms with Crippen molar-refractivity contribution in [3.8, 4) is 0 Å². The molecule has 0 fully saturated rings. The topological polar surface area (TPSA) is 94.8 Å². The average molecular weight is 389 g/mol. The van der Waals surface area contributed by atoms with Crippen LogP contribution in [0.3, 0.4) is 0 Å². The molecule has 6 heteroatoms. The molecular formula is C20H36O5S. The number of aliphatic hydroxyl groups is 1. The fourth-order valence-electron chi connectivity index (χ4n) is 2.79. The minimum atomic E-state index is -1.09. The van der Waals surface area contributed by atoms with E-state index in [0.717, 1.165) is 25.3 Å². The lowest BCUT2D eigenvalue weighted by Crippen LogP contribution is -2.22. The van der Waals surface area contributed by atoms with Gasteiger partial charge in [0.2, 0.25) is 0 Å². The second kappa shape index (κ2) is 17.4. The van der Waals surface area contributed by atoms with E-state index in [0.29, 0.717) is 5.75 Å². The molecule has 26 heavy (non-hydrogen) atoms. The smallest absolute Gasteiger partial charge is 0.328 e. The molecule has 0 aromatic rings. The van der Waals surface area contributed by atoms with E-state index in [1.807, 2.05) is 0 Å². The summed E-state index contributed by atoms with van der Waals surface area (Å²) in [6.45, 7) is 2.22. The van der Waals surface area contributed by atoms with E-state index in [9.17, 15) is 14.7 Å². The fourth-order valence-corrected chi connectivity index (χ4v) is 4.00. The summed E-state index contributed by atoms with van der Waals surface area (Å²) >= 11 is 1.41. The first-order valence-corrected chi connectivity index (χ1v) is 10.9. The molecule has 0 rings (SSSR count). The molecule has 2 unspecified atom stereocenters. The Labute approximate surface area is 162 Å². The zero-order valence-electron chi connectivity index (χ0n) is 16.1. The van der Waals surface area contributed by atoms with Crippen molar-refractivity contribution in [2.24, 2.45) is 0 Å². The number of unbranched alkanes of at least 4 members (excludes halogenated alkanes) is 9. The van der Waals surface area contributed by atoms with Crippen LogP contribution < -0.4 is 0 Å². The van der Waals surface area contributed by atoms with Crippen molar-refractivity contribution >= 4 is 23.7 Å². The number of aliphatic hydroxyl groups excluding tert-OH is 1. The fraction of sp³-hybridized carbons (Fsp3) is 0.800. The summed E-state index contributed by atoms with van der Waals surface area (Å²) in [5, 5.41) is 27.4. The van der Waals surface area contributed by atoms with E-state index in [-0.39, 0.29) is 11.7 Å². The number of rotatable bonds is 18. The number of aliphatic carboxylic acids is 2. The van der Waals surface area contributed by atoms with Gasteiger partial charge in [-0.2, -0.15) is 11.8 Å². The molecule has 0 saturated heterocycles. The summed E-state index contributed by atoms with van der Waals surface area (Å²) in [6, 6.07) is 0. The highest BCUT2D eigenvalue weighted by atomic mass is 32.2. The number of hydrogen-bond donors (Lipinski definition) is 3. The lowest BCUT2D eigenvalue weighted by Gasteiger charge is -2.20. The Morgan fingerprint density at radius 3 is 1.96 bits per heavy atom. The molecule has 0 bridgehead atoms. The van der Waals surface area contributed by atoms with Crippen molar-refractivity contribution in [3.63, 3.8) is 0 Å². The molecule has 0 aliphatic rings. The Morgan fingerprint density at radius 2 is 1.46 bits per heavy atom. The van der Waals surface area contributed by atoms with Crippen LogP contribution in [0.4, 0.5) is 0 Å². The van der Waals surface area contributed by atoms with Crippen LogP contribution in [-0.4, -0.2) is 44.4 Å². The maximum atomic E-state index is 10.6. The summed E-state index contributed by atoms with van der Waals surface area (Å²) in [5.74, 6) is -1.52. The predicted octanol–water partition coefficient (Wildman–Crippen LogP) is 4.88. The van der Waals surface area contributed by atoms with Gasteiger partial charge in [-0.1, -0.05) is 71.1 Å². The molecule has 0 aromatic carbocycles. The molecule has 152 valence electrons. The number of thioether (sulfide) groups is 1. The molecule has 0 radical (unpaired) electrons. The Bertz CT molecular complexity index is 398. The van der Waals surface area contributed by atoms with Crippen molar-refractivity contribution in [1.29, 1.82) is 0 Å². The molecule has 0 amide bonds. The Kier molecular flexibility index (Phi) is 16.7. The van der Waals surface area contributed by atoms with Crippen LogP contribution in [0.1, 0.15) is 84.0 Å². The molecule has 5 nitrogen and oxygen atoms in total.